The fourth-order valence-corrected chi connectivity index (χ4v) is 1.78. The number of halogens is 2. The highest BCUT2D eigenvalue weighted by Crippen LogP contribution is 2.16. The molecular weight excluding hydrogens is 294 g/mol. The predicted octanol–water partition coefficient (Wildman–Crippen LogP) is 3.34. The highest BCUT2D eigenvalue weighted by molar-refractivity contribution is 6.01. The van der Waals surface area contributed by atoms with Crippen LogP contribution >= 0.6 is 0 Å². The number of furan rings is 1. The van der Waals surface area contributed by atoms with Crippen molar-refractivity contribution in [2.24, 2.45) is 5.10 Å². The second kappa shape index (κ2) is 6.84. The molecule has 0 radical (unpaired) electrons. The fraction of sp³-hybridized carbons (Fsp3) is 0.200. The maximum atomic E-state index is 12.2. The summed E-state index contributed by atoms with van der Waals surface area (Å²) in [5, 5.41) is 3.94. The van der Waals surface area contributed by atoms with Gasteiger partial charge in [-0.2, -0.15) is 13.9 Å². The topological polar surface area (TPSA) is 63.8 Å². The van der Waals surface area contributed by atoms with Crippen molar-refractivity contribution in [1.29, 1.82) is 0 Å². The van der Waals surface area contributed by atoms with E-state index in [1.807, 2.05) is 0 Å². The molecular formula is C15H14F2N2O3. The molecule has 2 rings (SSSR count). The van der Waals surface area contributed by atoms with Crippen molar-refractivity contribution in [2.75, 3.05) is 0 Å². The molecule has 22 heavy (non-hydrogen) atoms. The molecule has 0 saturated heterocycles. The van der Waals surface area contributed by atoms with E-state index in [4.69, 9.17) is 4.42 Å². The van der Waals surface area contributed by atoms with Crippen LogP contribution in [0.5, 0.6) is 5.75 Å². The third-order valence-electron chi connectivity index (χ3n) is 2.91. The second-order valence-electron chi connectivity index (χ2n) is 4.43. The molecule has 1 N–H and O–H groups in total. The number of aryl methyl sites for hydroxylation is 1. The van der Waals surface area contributed by atoms with Crippen molar-refractivity contribution in [3.63, 3.8) is 0 Å². The van der Waals surface area contributed by atoms with Crippen LogP contribution in [0.2, 0.25) is 0 Å². The van der Waals surface area contributed by atoms with Gasteiger partial charge in [0.15, 0.2) is 0 Å². The lowest BCUT2D eigenvalue weighted by Gasteiger charge is -2.07. The summed E-state index contributed by atoms with van der Waals surface area (Å²) in [6.45, 7) is 0.414. The lowest BCUT2D eigenvalue weighted by atomic mass is 10.1. The number of hydrazone groups is 1. The fourth-order valence-electron chi connectivity index (χ4n) is 1.78. The van der Waals surface area contributed by atoms with Crippen molar-refractivity contribution < 1.29 is 22.7 Å². The quantitative estimate of drug-likeness (QED) is 0.680. The molecule has 1 aromatic carbocycles. The van der Waals surface area contributed by atoms with E-state index in [9.17, 15) is 13.6 Å². The number of nitrogens with one attached hydrogen (secondary N) is 1. The standard InChI is InChI=1S/C15H14F2N2O3/c1-9(11-4-3-5-12(8-11)22-15(16)17)18-19-14(20)13-6-7-21-10(13)2/h3-8,15H,1-2H3,(H,19,20)/b18-9-. The Bertz CT molecular complexity index is 696. The van der Waals surface area contributed by atoms with E-state index in [2.05, 4.69) is 15.3 Å². The number of carbonyl (C=O) groups is 1. The smallest absolute Gasteiger partial charge is 0.387 e. The maximum Gasteiger partial charge on any atom is 0.387 e. The first-order valence-corrected chi connectivity index (χ1v) is 6.41. The molecule has 0 atom stereocenters. The average Bonchev–Trinajstić information content (AvgIpc) is 2.90. The van der Waals surface area contributed by atoms with Gasteiger partial charge in [0.1, 0.15) is 11.5 Å². The Morgan fingerprint density at radius 2 is 2.14 bits per heavy atom. The van der Waals surface area contributed by atoms with Gasteiger partial charge in [-0.15, -0.1) is 0 Å². The molecule has 2 aromatic rings. The Balaban J connectivity index is 2.09. The number of alkyl halides is 2. The largest absolute Gasteiger partial charge is 0.469 e. The molecule has 0 spiro atoms. The molecule has 0 aliphatic heterocycles. The number of ether oxygens (including phenoxy) is 1. The normalized spacial score (nSPS) is 11.6. The highest BCUT2D eigenvalue weighted by Gasteiger charge is 2.11. The molecule has 7 heteroatoms. The molecule has 0 unspecified atom stereocenters. The highest BCUT2D eigenvalue weighted by atomic mass is 19.3. The van der Waals surface area contributed by atoms with Crippen LogP contribution in [0.4, 0.5) is 8.78 Å². The van der Waals surface area contributed by atoms with Crippen molar-refractivity contribution in [2.45, 2.75) is 20.5 Å². The summed E-state index contributed by atoms with van der Waals surface area (Å²) in [6.07, 6.45) is 1.41. The Kier molecular flexibility index (Phi) is 4.88. The van der Waals surface area contributed by atoms with Crippen LogP contribution in [0.1, 0.15) is 28.6 Å². The van der Waals surface area contributed by atoms with Crippen LogP contribution in [0.3, 0.4) is 0 Å². The van der Waals surface area contributed by atoms with Crippen LogP contribution in [0.25, 0.3) is 0 Å². The lowest BCUT2D eigenvalue weighted by molar-refractivity contribution is -0.0498. The van der Waals surface area contributed by atoms with Gasteiger partial charge in [-0.3, -0.25) is 4.79 Å². The van der Waals surface area contributed by atoms with Gasteiger partial charge in [-0.1, -0.05) is 12.1 Å². The number of amides is 1. The first-order valence-electron chi connectivity index (χ1n) is 6.41. The van der Waals surface area contributed by atoms with Gasteiger partial charge in [-0.25, -0.2) is 5.43 Å². The van der Waals surface area contributed by atoms with Crippen molar-refractivity contribution in [3.8, 4) is 5.75 Å². The third-order valence-corrected chi connectivity index (χ3v) is 2.91. The molecule has 5 nitrogen and oxygen atoms in total. The van der Waals surface area contributed by atoms with E-state index in [0.29, 0.717) is 22.6 Å². The zero-order valence-electron chi connectivity index (χ0n) is 12.0. The van der Waals surface area contributed by atoms with Gasteiger partial charge in [0, 0.05) is 5.56 Å². The molecule has 1 amide bonds. The number of hydrogen-bond acceptors (Lipinski definition) is 4. The van der Waals surface area contributed by atoms with Gasteiger partial charge in [0.2, 0.25) is 0 Å². The van der Waals surface area contributed by atoms with Gasteiger partial charge >= 0.3 is 6.61 Å². The SMILES string of the molecule is C/C(=N/NC(=O)c1ccoc1C)c1cccc(OC(F)F)c1. The number of carbonyl (C=O) groups excluding carboxylic acids is 1. The zero-order valence-corrected chi connectivity index (χ0v) is 12.0. The summed E-state index contributed by atoms with van der Waals surface area (Å²) in [7, 11) is 0. The van der Waals surface area contributed by atoms with Gasteiger partial charge < -0.3 is 9.15 Å². The molecule has 116 valence electrons. The Morgan fingerprint density at radius 3 is 2.77 bits per heavy atom. The number of nitrogens with zero attached hydrogens (tertiary/aromatic N) is 1. The van der Waals surface area contributed by atoms with Crippen LogP contribution in [0, 0.1) is 6.92 Å². The Labute approximate surface area is 125 Å². The molecule has 1 heterocycles. The van der Waals surface area contributed by atoms with Crippen molar-refractivity contribution in [3.05, 3.63) is 53.5 Å². The van der Waals surface area contributed by atoms with Gasteiger partial charge in [0.05, 0.1) is 17.5 Å². The molecule has 1 aromatic heterocycles. The average molecular weight is 308 g/mol. The van der Waals surface area contributed by atoms with E-state index >= 15 is 0 Å². The third kappa shape index (κ3) is 3.91. The molecule has 0 fully saturated rings. The maximum absolute atomic E-state index is 12.2. The van der Waals surface area contributed by atoms with Crippen LogP contribution < -0.4 is 10.2 Å². The lowest BCUT2D eigenvalue weighted by Crippen LogP contribution is -2.19. The van der Waals surface area contributed by atoms with Crippen LogP contribution in [-0.2, 0) is 0 Å². The van der Waals surface area contributed by atoms with E-state index in [1.165, 1.54) is 24.5 Å². The summed E-state index contributed by atoms with van der Waals surface area (Å²) in [4.78, 5) is 11.9. The van der Waals surface area contributed by atoms with Crippen molar-refractivity contribution in [1.82, 2.24) is 5.43 Å². The minimum atomic E-state index is -2.89. The number of hydrogen-bond donors (Lipinski definition) is 1. The van der Waals surface area contributed by atoms with Gasteiger partial charge in [-0.05, 0) is 32.0 Å². The Hall–Kier alpha value is -2.70. The summed E-state index contributed by atoms with van der Waals surface area (Å²) in [5.74, 6) is 0.0994. The summed E-state index contributed by atoms with van der Waals surface area (Å²) in [6, 6.07) is 7.60. The van der Waals surface area contributed by atoms with Crippen LogP contribution in [0.15, 0.2) is 46.1 Å². The van der Waals surface area contributed by atoms with Crippen LogP contribution in [-0.4, -0.2) is 18.2 Å². The van der Waals surface area contributed by atoms with E-state index in [-0.39, 0.29) is 5.75 Å². The van der Waals surface area contributed by atoms with E-state index in [1.54, 1.807) is 26.0 Å². The summed E-state index contributed by atoms with van der Waals surface area (Å²) >= 11 is 0. The van der Waals surface area contributed by atoms with E-state index < -0.39 is 12.5 Å². The predicted molar refractivity (Wildman–Crippen MR) is 76.2 cm³/mol. The number of rotatable bonds is 5. The summed E-state index contributed by atoms with van der Waals surface area (Å²) in [5.41, 5.74) is 3.78. The molecule has 0 saturated carbocycles. The summed E-state index contributed by atoms with van der Waals surface area (Å²) < 4.78 is 33.7. The molecule has 0 aliphatic rings. The molecule has 0 bridgehead atoms. The molecule has 0 aliphatic carbocycles. The number of benzene rings is 1. The van der Waals surface area contributed by atoms with Gasteiger partial charge in [0.25, 0.3) is 5.91 Å². The van der Waals surface area contributed by atoms with Crippen molar-refractivity contribution >= 4 is 11.6 Å². The minimum absolute atomic E-state index is 0.0269. The monoisotopic (exact) mass is 308 g/mol. The zero-order chi connectivity index (χ0) is 16.1. The van der Waals surface area contributed by atoms with E-state index in [0.717, 1.165) is 0 Å². The Morgan fingerprint density at radius 1 is 1.36 bits per heavy atom. The first-order chi connectivity index (χ1) is 10.5. The minimum Gasteiger partial charge on any atom is -0.469 e. The first kappa shape index (κ1) is 15.7. The second-order valence-corrected chi connectivity index (χ2v) is 4.43.